The Morgan fingerprint density at radius 1 is 1.47 bits per heavy atom. The maximum atomic E-state index is 5.57. The van der Waals surface area contributed by atoms with Gasteiger partial charge in [-0.2, -0.15) is 0 Å². The van der Waals surface area contributed by atoms with Crippen LogP contribution in [-0.4, -0.2) is 24.1 Å². The molecule has 0 spiro atoms. The van der Waals surface area contributed by atoms with Crippen molar-refractivity contribution in [2.75, 3.05) is 19.5 Å². The van der Waals surface area contributed by atoms with Crippen LogP contribution >= 0.6 is 0 Å². The van der Waals surface area contributed by atoms with Gasteiger partial charge in [-0.05, 0) is 26.2 Å². The lowest BCUT2D eigenvalue weighted by molar-refractivity contribution is -0.00903. The lowest BCUT2D eigenvalue weighted by atomic mass is 10.0. The number of anilines is 1. The zero-order chi connectivity index (χ0) is 12.5. The maximum Gasteiger partial charge on any atom is 0.162 e. The van der Waals surface area contributed by atoms with Gasteiger partial charge in [0.1, 0.15) is 11.4 Å². The highest BCUT2D eigenvalue weighted by Crippen LogP contribution is 2.40. The Balaban J connectivity index is 2.41. The van der Waals surface area contributed by atoms with Crippen molar-refractivity contribution >= 4 is 5.82 Å². The zero-order valence-corrected chi connectivity index (χ0v) is 11.1. The molecule has 1 saturated carbocycles. The molecule has 0 bridgehead atoms. The lowest BCUT2D eigenvalue weighted by Gasteiger charge is -2.25. The third-order valence-corrected chi connectivity index (χ3v) is 3.60. The molecule has 17 heavy (non-hydrogen) atoms. The Bertz CT molecular complexity index is 398. The topological polar surface area (TPSA) is 47.0 Å². The molecule has 0 amide bonds. The number of aromatic nitrogens is 2. The molecule has 0 radical (unpaired) electrons. The minimum absolute atomic E-state index is 0.392. The van der Waals surface area contributed by atoms with Crippen LogP contribution in [0.5, 0.6) is 0 Å². The number of hydrogen-bond acceptors (Lipinski definition) is 4. The second kappa shape index (κ2) is 4.61. The predicted molar refractivity (Wildman–Crippen MR) is 68.2 cm³/mol. The van der Waals surface area contributed by atoms with Crippen molar-refractivity contribution in [1.29, 1.82) is 0 Å². The Hall–Kier alpha value is -1.16. The summed E-state index contributed by atoms with van der Waals surface area (Å²) in [7, 11) is 3.61. The van der Waals surface area contributed by atoms with Gasteiger partial charge in [0, 0.05) is 31.8 Å². The predicted octanol–water partition coefficient (Wildman–Crippen LogP) is 2.67. The molecule has 4 nitrogen and oxygen atoms in total. The molecule has 1 aromatic rings. The standard InChI is InChI=1S/C13H21N3O/c1-5-13(2,17-4)12-15-10(9-6-7-9)8-11(14-3)16-12/h8-9H,5-7H2,1-4H3,(H,14,15,16). The summed E-state index contributed by atoms with van der Waals surface area (Å²) >= 11 is 0. The summed E-state index contributed by atoms with van der Waals surface area (Å²) in [6.45, 7) is 4.13. The van der Waals surface area contributed by atoms with Crippen molar-refractivity contribution in [3.05, 3.63) is 17.6 Å². The van der Waals surface area contributed by atoms with Crippen LogP contribution in [0.15, 0.2) is 6.07 Å². The fourth-order valence-electron chi connectivity index (χ4n) is 1.81. The second-order valence-corrected chi connectivity index (χ2v) is 4.81. The SMILES string of the molecule is CCC(C)(OC)c1nc(NC)cc(C2CC2)n1. The molecule has 1 aliphatic carbocycles. The van der Waals surface area contributed by atoms with E-state index in [-0.39, 0.29) is 0 Å². The van der Waals surface area contributed by atoms with E-state index < -0.39 is 5.60 Å². The molecule has 1 unspecified atom stereocenters. The Kier molecular flexibility index (Phi) is 3.33. The summed E-state index contributed by atoms with van der Waals surface area (Å²) in [5, 5.41) is 3.10. The average molecular weight is 235 g/mol. The monoisotopic (exact) mass is 235 g/mol. The number of methoxy groups -OCH3 is 1. The number of nitrogens with zero attached hydrogens (tertiary/aromatic N) is 2. The maximum absolute atomic E-state index is 5.57. The van der Waals surface area contributed by atoms with Crippen molar-refractivity contribution in [1.82, 2.24) is 9.97 Å². The summed E-state index contributed by atoms with van der Waals surface area (Å²) in [5.41, 5.74) is 0.757. The molecule has 1 heterocycles. The molecular weight excluding hydrogens is 214 g/mol. The third-order valence-electron chi connectivity index (χ3n) is 3.60. The minimum Gasteiger partial charge on any atom is -0.373 e. The Morgan fingerprint density at radius 2 is 2.18 bits per heavy atom. The van der Waals surface area contributed by atoms with E-state index in [0.29, 0.717) is 5.92 Å². The van der Waals surface area contributed by atoms with Gasteiger partial charge in [-0.3, -0.25) is 0 Å². The second-order valence-electron chi connectivity index (χ2n) is 4.81. The average Bonchev–Trinajstić information content (AvgIpc) is 3.21. The van der Waals surface area contributed by atoms with Gasteiger partial charge >= 0.3 is 0 Å². The largest absolute Gasteiger partial charge is 0.373 e. The summed E-state index contributed by atoms with van der Waals surface area (Å²) in [5.74, 6) is 2.30. The summed E-state index contributed by atoms with van der Waals surface area (Å²) in [6, 6.07) is 2.05. The van der Waals surface area contributed by atoms with Gasteiger partial charge in [0.05, 0.1) is 0 Å². The van der Waals surface area contributed by atoms with Gasteiger partial charge in [-0.25, -0.2) is 9.97 Å². The van der Waals surface area contributed by atoms with Gasteiger partial charge in [0.15, 0.2) is 5.82 Å². The van der Waals surface area contributed by atoms with Crippen molar-refractivity contribution in [3.8, 4) is 0 Å². The minimum atomic E-state index is -0.392. The highest BCUT2D eigenvalue weighted by atomic mass is 16.5. The summed E-state index contributed by atoms with van der Waals surface area (Å²) in [4.78, 5) is 9.21. The van der Waals surface area contributed by atoms with Crippen LogP contribution in [0.4, 0.5) is 5.82 Å². The normalized spacial score (nSPS) is 18.8. The van der Waals surface area contributed by atoms with Crippen molar-refractivity contribution in [2.45, 2.75) is 44.6 Å². The van der Waals surface area contributed by atoms with E-state index in [1.54, 1.807) is 7.11 Å². The highest BCUT2D eigenvalue weighted by Gasteiger charge is 2.31. The molecular formula is C13H21N3O. The number of ether oxygens (including phenoxy) is 1. The van der Waals surface area contributed by atoms with E-state index in [4.69, 9.17) is 4.74 Å². The number of hydrogen-bond donors (Lipinski definition) is 1. The highest BCUT2D eigenvalue weighted by molar-refractivity contribution is 5.38. The quantitative estimate of drug-likeness (QED) is 0.852. The molecule has 94 valence electrons. The van der Waals surface area contributed by atoms with E-state index in [1.807, 2.05) is 20.0 Å². The fraction of sp³-hybridized carbons (Fsp3) is 0.692. The lowest BCUT2D eigenvalue weighted by Crippen LogP contribution is -2.27. The number of rotatable bonds is 5. The zero-order valence-electron chi connectivity index (χ0n) is 11.1. The van der Waals surface area contributed by atoms with E-state index in [2.05, 4.69) is 22.2 Å². The first kappa shape index (κ1) is 12.3. The van der Waals surface area contributed by atoms with Crippen molar-refractivity contribution in [2.24, 2.45) is 0 Å². The van der Waals surface area contributed by atoms with Crippen LogP contribution in [0.2, 0.25) is 0 Å². The van der Waals surface area contributed by atoms with Crippen LogP contribution in [-0.2, 0) is 10.3 Å². The molecule has 1 N–H and O–H groups in total. The van der Waals surface area contributed by atoms with E-state index in [1.165, 1.54) is 12.8 Å². The van der Waals surface area contributed by atoms with Gasteiger partial charge < -0.3 is 10.1 Å². The fourth-order valence-corrected chi connectivity index (χ4v) is 1.81. The molecule has 0 saturated heterocycles. The van der Waals surface area contributed by atoms with E-state index >= 15 is 0 Å². The van der Waals surface area contributed by atoms with E-state index in [9.17, 15) is 0 Å². The van der Waals surface area contributed by atoms with Crippen LogP contribution in [0.25, 0.3) is 0 Å². The molecule has 1 atom stereocenters. The van der Waals surface area contributed by atoms with Crippen molar-refractivity contribution < 1.29 is 4.74 Å². The van der Waals surface area contributed by atoms with E-state index in [0.717, 1.165) is 23.8 Å². The van der Waals surface area contributed by atoms with Crippen LogP contribution in [0.3, 0.4) is 0 Å². The van der Waals surface area contributed by atoms with Crippen LogP contribution < -0.4 is 5.32 Å². The molecule has 1 aliphatic rings. The van der Waals surface area contributed by atoms with Gasteiger partial charge in [0.25, 0.3) is 0 Å². The molecule has 2 rings (SSSR count). The van der Waals surface area contributed by atoms with Gasteiger partial charge in [0.2, 0.25) is 0 Å². The molecule has 4 heteroatoms. The first-order valence-electron chi connectivity index (χ1n) is 6.25. The first-order chi connectivity index (χ1) is 8.12. The summed E-state index contributed by atoms with van der Waals surface area (Å²) < 4.78 is 5.57. The molecule has 0 aliphatic heterocycles. The Morgan fingerprint density at radius 3 is 2.65 bits per heavy atom. The van der Waals surface area contributed by atoms with Gasteiger partial charge in [-0.1, -0.05) is 6.92 Å². The van der Waals surface area contributed by atoms with Crippen LogP contribution in [0, 0.1) is 0 Å². The molecule has 1 aromatic heterocycles. The van der Waals surface area contributed by atoms with Gasteiger partial charge in [-0.15, -0.1) is 0 Å². The Labute approximate surface area is 103 Å². The number of nitrogens with one attached hydrogen (secondary N) is 1. The molecule has 0 aromatic carbocycles. The summed E-state index contributed by atoms with van der Waals surface area (Å²) in [6.07, 6.45) is 3.35. The third kappa shape index (κ3) is 2.41. The smallest absolute Gasteiger partial charge is 0.162 e. The van der Waals surface area contributed by atoms with Crippen LogP contribution in [0.1, 0.15) is 50.5 Å². The first-order valence-corrected chi connectivity index (χ1v) is 6.25. The molecule has 1 fully saturated rings. The van der Waals surface area contributed by atoms with Crippen molar-refractivity contribution in [3.63, 3.8) is 0 Å².